The quantitative estimate of drug-likeness (QED) is 0.445. The summed E-state index contributed by atoms with van der Waals surface area (Å²) in [5.41, 5.74) is 1.01. The maximum Gasteiger partial charge on any atom is 0.300 e. The number of thioether (sulfide) groups is 1. The van der Waals surface area contributed by atoms with E-state index < -0.39 is 0 Å². The predicted molar refractivity (Wildman–Crippen MR) is 117 cm³/mol. The number of carbonyl (C=O) groups excluding carboxylic acids is 1. The van der Waals surface area contributed by atoms with Gasteiger partial charge in [0.2, 0.25) is 18.3 Å². The van der Waals surface area contributed by atoms with Gasteiger partial charge in [-0.25, -0.2) is 0 Å². The molecule has 162 valence electrons. The lowest BCUT2D eigenvalue weighted by Crippen LogP contribution is -2.20. The average molecular weight is 451 g/mol. The molecule has 0 radical (unpaired) electrons. The predicted octanol–water partition coefficient (Wildman–Crippen LogP) is 2.35. The minimum atomic E-state index is -0.346. The first-order chi connectivity index (χ1) is 15.6. The largest absolute Gasteiger partial charge is 0.495 e. The number of anilines is 1. The van der Waals surface area contributed by atoms with Gasteiger partial charge in [0.25, 0.3) is 0 Å². The molecule has 0 fully saturated rings. The van der Waals surface area contributed by atoms with Crippen LogP contribution in [0.15, 0.2) is 64.8 Å². The Labute approximate surface area is 185 Å². The van der Waals surface area contributed by atoms with E-state index in [0.717, 1.165) is 0 Å². The van der Waals surface area contributed by atoms with Crippen molar-refractivity contribution < 1.29 is 19.0 Å². The first kappa shape index (κ1) is 19.9. The number of aromatic nitrogens is 4. The van der Waals surface area contributed by atoms with Gasteiger partial charge in [0.1, 0.15) is 5.75 Å². The third kappa shape index (κ3) is 3.62. The van der Waals surface area contributed by atoms with E-state index in [2.05, 4.69) is 15.5 Å². The number of fused-ring (bicyclic) bond motifs is 2. The lowest BCUT2D eigenvalue weighted by atomic mass is 10.3. The molecule has 0 aliphatic carbocycles. The van der Waals surface area contributed by atoms with Crippen LogP contribution >= 0.6 is 11.8 Å². The number of carbonyl (C=O) groups is 1. The fraction of sp³-hybridized carbons (Fsp3) is 0.143. The summed E-state index contributed by atoms with van der Waals surface area (Å²) in [5, 5.41) is 11.3. The molecule has 0 atom stereocenters. The number of rotatable bonds is 6. The zero-order valence-electron chi connectivity index (χ0n) is 16.8. The van der Waals surface area contributed by atoms with Gasteiger partial charge in [0, 0.05) is 24.1 Å². The van der Waals surface area contributed by atoms with Crippen molar-refractivity contribution in [2.45, 2.75) is 5.16 Å². The zero-order chi connectivity index (χ0) is 22.1. The van der Waals surface area contributed by atoms with Crippen molar-refractivity contribution in [2.75, 3.05) is 25.0 Å². The summed E-state index contributed by atoms with van der Waals surface area (Å²) in [7, 11) is 1.54. The number of benzene rings is 2. The number of methoxy groups -OCH3 is 1. The minimum absolute atomic E-state index is 0.0881. The summed E-state index contributed by atoms with van der Waals surface area (Å²) in [6.07, 6.45) is 3.30. The molecule has 4 aromatic rings. The molecule has 1 N–H and O–H groups in total. The summed E-state index contributed by atoms with van der Waals surface area (Å²) < 4.78 is 18.9. The topological polar surface area (TPSA) is 109 Å². The highest BCUT2D eigenvalue weighted by molar-refractivity contribution is 7.99. The first-order valence-electron chi connectivity index (χ1n) is 9.56. The van der Waals surface area contributed by atoms with Gasteiger partial charge >= 0.3 is 5.56 Å². The van der Waals surface area contributed by atoms with Crippen LogP contribution in [0.4, 0.5) is 5.69 Å². The second-order valence-corrected chi connectivity index (χ2v) is 7.67. The minimum Gasteiger partial charge on any atom is -0.495 e. The Kier molecular flexibility index (Phi) is 5.15. The monoisotopic (exact) mass is 451 g/mol. The molecule has 11 heteroatoms. The van der Waals surface area contributed by atoms with Crippen LogP contribution in [0.5, 0.6) is 17.2 Å². The van der Waals surface area contributed by atoms with E-state index >= 15 is 0 Å². The summed E-state index contributed by atoms with van der Waals surface area (Å²) in [6, 6.07) is 12.4. The number of hydrogen-bond donors (Lipinski definition) is 1. The molecule has 0 spiro atoms. The molecule has 2 aromatic heterocycles. The van der Waals surface area contributed by atoms with E-state index in [1.54, 1.807) is 54.2 Å². The zero-order valence-corrected chi connectivity index (χ0v) is 17.7. The summed E-state index contributed by atoms with van der Waals surface area (Å²) in [6.45, 7) is 0.168. The van der Waals surface area contributed by atoms with Gasteiger partial charge < -0.3 is 19.5 Å². The van der Waals surface area contributed by atoms with Gasteiger partial charge in [-0.05, 0) is 24.3 Å². The van der Waals surface area contributed by atoms with Crippen molar-refractivity contribution in [1.82, 2.24) is 19.2 Å². The molecule has 10 nitrogen and oxygen atoms in total. The van der Waals surface area contributed by atoms with E-state index in [-0.39, 0.29) is 29.7 Å². The van der Waals surface area contributed by atoms with Gasteiger partial charge in [-0.3, -0.25) is 18.6 Å². The molecule has 0 unspecified atom stereocenters. The number of nitrogens with one attached hydrogen (secondary N) is 1. The van der Waals surface area contributed by atoms with Crippen LogP contribution in [0.1, 0.15) is 0 Å². The summed E-state index contributed by atoms with van der Waals surface area (Å²) in [4.78, 5) is 25.3. The highest BCUT2D eigenvalue weighted by Gasteiger charge is 2.17. The van der Waals surface area contributed by atoms with Gasteiger partial charge in [-0.1, -0.05) is 23.9 Å². The standard InChI is InChI=1S/C21H17N5O5S/c1-29-15-5-3-2-4-14(15)25-8-9-26-19(20(25)28)23-24-21(26)32-11-18(27)22-13-6-7-16-17(10-13)31-12-30-16/h2-10H,11-12H2,1H3,(H,22,27). The van der Waals surface area contributed by atoms with E-state index in [9.17, 15) is 9.59 Å². The van der Waals surface area contributed by atoms with Gasteiger partial charge in [-0.2, -0.15) is 0 Å². The van der Waals surface area contributed by atoms with Gasteiger partial charge in [-0.15, -0.1) is 10.2 Å². The maximum absolute atomic E-state index is 13.0. The SMILES string of the molecule is COc1ccccc1-n1ccn2c(SCC(=O)Nc3ccc4c(c3)OCO4)nnc2c1=O. The Bertz CT molecular complexity index is 1380. The van der Waals surface area contributed by atoms with E-state index in [0.29, 0.717) is 33.8 Å². The third-order valence-corrected chi connectivity index (χ3v) is 5.72. The van der Waals surface area contributed by atoms with Crippen LogP contribution in [0, 0.1) is 0 Å². The molecular formula is C21H17N5O5S. The van der Waals surface area contributed by atoms with Crippen LogP contribution in [0.3, 0.4) is 0 Å². The Morgan fingerprint density at radius 2 is 2.00 bits per heavy atom. The van der Waals surface area contributed by atoms with Crippen LogP contribution in [-0.4, -0.2) is 44.7 Å². The fourth-order valence-electron chi connectivity index (χ4n) is 3.28. The molecule has 1 amide bonds. The number of ether oxygens (including phenoxy) is 3. The molecule has 0 bridgehead atoms. The first-order valence-corrected chi connectivity index (χ1v) is 10.5. The molecule has 0 saturated heterocycles. The Balaban J connectivity index is 1.32. The van der Waals surface area contributed by atoms with E-state index in [1.165, 1.54) is 16.3 Å². The lowest BCUT2D eigenvalue weighted by molar-refractivity contribution is -0.113. The molecule has 2 aromatic carbocycles. The molecule has 1 aliphatic rings. The lowest BCUT2D eigenvalue weighted by Gasteiger charge is -2.10. The second-order valence-electron chi connectivity index (χ2n) is 6.73. The number of para-hydroxylation sites is 2. The second kappa shape index (κ2) is 8.27. The van der Waals surface area contributed by atoms with Crippen LogP contribution < -0.4 is 25.1 Å². The number of hydrogen-bond acceptors (Lipinski definition) is 8. The highest BCUT2D eigenvalue weighted by Crippen LogP contribution is 2.34. The van der Waals surface area contributed by atoms with Crippen molar-refractivity contribution in [1.29, 1.82) is 0 Å². The highest BCUT2D eigenvalue weighted by atomic mass is 32.2. The summed E-state index contributed by atoms with van der Waals surface area (Å²) in [5.74, 6) is 1.66. The Morgan fingerprint density at radius 1 is 1.16 bits per heavy atom. The maximum atomic E-state index is 13.0. The van der Waals surface area contributed by atoms with Crippen molar-refractivity contribution in [3.05, 3.63) is 65.2 Å². The van der Waals surface area contributed by atoms with E-state index in [4.69, 9.17) is 14.2 Å². The average Bonchev–Trinajstić information content (AvgIpc) is 3.45. The number of nitrogens with zero attached hydrogens (tertiary/aromatic N) is 4. The van der Waals surface area contributed by atoms with Crippen LogP contribution in [0.2, 0.25) is 0 Å². The van der Waals surface area contributed by atoms with Crippen molar-refractivity contribution in [2.24, 2.45) is 0 Å². The molecule has 0 saturated carbocycles. The van der Waals surface area contributed by atoms with Crippen molar-refractivity contribution in [3.8, 4) is 22.9 Å². The molecule has 1 aliphatic heterocycles. The molecule has 3 heterocycles. The third-order valence-electron chi connectivity index (χ3n) is 4.77. The van der Waals surface area contributed by atoms with Crippen molar-refractivity contribution >= 4 is 29.0 Å². The van der Waals surface area contributed by atoms with Gasteiger partial charge in [0.05, 0.1) is 18.6 Å². The van der Waals surface area contributed by atoms with Crippen molar-refractivity contribution in [3.63, 3.8) is 0 Å². The smallest absolute Gasteiger partial charge is 0.300 e. The van der Waals surface area contributed by atoms with Crippen LogP contribution in [-0.2, 0) is 4.79 Å². The number of amides is 1. The fourth-order valence-corrected chi connectivity index (χ4v) is 4.00. The Morgan fingerprint density at radius 3 is 2.88 bits per heavy atom. The Hall–Kier alpha value is -3.99. The van der Waals surface area contributed by atoms with Crippen LogP contribution in [0.25, 0.3) is 11.3 Å². The molecule has 32 heavy (non-hydrogen) atoms. The molecular weight excluding hydrogens is 434 g/mol. The van der Waals surface area contributed by atoms with Gasteiger partial charge in [0.15, 0.2) is 16.7 Å². The summed E-state index contributed by atoms with van der Waals surface area (Å²) >= 11 is 1.18. The normalized spacial score (nSPS) is 12.2. The van der Waals surface area contributed by atoms with E-state index in [1.807, 2.05) is 12.1 Å². The molecule has 5 rings (SSSR count).